The molecule has 1 heterocycles. The molecule has 7 heteroatoms. The third-order valence-electron chi connectivity index (χ3n) is 1.81. The Bertz CT molecular complexity index is 514. The SMILES string of the molecule is O=C(Nc1ccc(Br)cc1F)c1ncn[nH]1. The molecule has 0 aliphatic rings. The first-order chi connectivity index (χ1) is 7.66. The molecule has 0 aliphatic heterocycles. The van der Waals surface area contributed by atoms with Crippen LogP contribution in [0, 0.1) is 5.82 Å². The van der Waals surface area contributed by atoms with Gasteiger partial charge in [-0.2, -0.15) is 5.10 Å². The molecule has 0 fully saturated rings. The van der Waals surface area contributed by atoms with Crippen molar-refractivity contribution >= 4 is 27.5 Å². The van der Waals surface area contributed by atoms with Gasteiger partial charge in [-0.05, 0) is 18.2 Å². The highest BCUT2D eigenvalue weighted by Gasteiger charge is 2.11. The summed E-state index contributed by atoms with van der Waals surface area (Å²) >= 11 is 3.12. The normalized spacial score (nSPS) is 10.1. The first-order valence-corrected chi connectivity index (χ1v) is 5.08. The van der Waals surface area contributed by atoms with Crippen molar-refractivity contribution in [1.82, 2.24) is 15.2 Å². The fourth-order valence-corrected chi connectivity index (χ4v) is 1.42. The van der Waals surface area contributed by atoms with Crippen LogP contribution in [0.2, 0.25) is 0 Å². The minimum Gasteiger partial charge on any atom is -0.317 e. The van der Waals surface area contributed by atoms with Crippen molar-refractivity contribution in [2.45, 2.75) is 0 Å². The van der Waals surface area contributed by atoms with Crippen LogP contribution in [0.15, 0.2) is 29.0 Å². The minimum atomic E-state index is -0.543. The number of amides is 1. The van der Waals surface area contributed by atoms with Crippen LogP contribution in [0.25, 0.3) is 0 Å². The van der Waals surface area contributed by atoms with Crippen molar-refractivity contribution in [3.63, 3.8) is 0 Å². The average molecular weight is 285 g/mol. The van der Waals surface area contributed by atoms with Crippen LogP contribution in [-0.2, 0) is 0 Å². The summed E-state index contributed by atoms with van der Waals surface area (Å²) in [5.74, 6) is -1.04. The highest BCUT2D eigenvalue weighted by molar-refractivity contribution is 9.10. The first kappa shape index (κ1) is 10.7. The maximum atomic E-state index is 13.4. The van der Waals surface area contributed by atoms with Gasteiger partial charge >= 0.3 is 0 Å². The summed E-state index contributed by atoms with van der Waals surface area (Å²) in [5.41, 5.74) is 0.0876. The molecular formula is C9H6BrFN4O. The third kappa shape index (κ3) is 2.25. The summed E-state index contributed by atoms with van der Waals surface area (Å²) < 4.78 is 14.0. The number of benzene rings is 1. The van der Waals surface area contributed by atoms with Crippen molar-refractivity contribution in [3.05, 3.63) is 40.6 Å². The van der Waals surface area contributed by atoms with E-state index in [1.54, 1.807) is 6.07 Å². The molecule has 0 atom stereocenters. The molecule has 0 saturated heterocycles. The van der Waals surface area contributed by atoms with Crippen molar-refractivity contribution < 1.29 is 9.18 Å². The summed E-state index contributed by atoms with van der Waals surface area (Å²) in [6, 6.07) is 4.34. The number of H-pyrrole nitrogens is 1. The molecule has 2 N–H and O–H groups in total. The molecule has 1 aromatic carbocycles. The van der Waals surface area contributed by atoms with Crippen LogP contribution in [-0.4, -0.2) is 21.1 Å². The van der Waals surface area contributed by atoms with Crippen LogP contribution in [0.3, 0.4) is 0 Å². The Morgan fingerprint density at radius 1 is 1.50 bits per heavy atom. The smallest absolute Gasteiger partial charge is 0.293 e. The molecular weight excluding hydrogens is 279 g/mol. The number of carbonyl (C=O) groups is 1. The summed E-state index contributed by atoms with van der Waals surface area (Å²) in [6.45, 7) is 0. The summed E-state index contributed by atoms with van der Waals surface area (Å²) in [5, 5.41) is 8.28. The van der Waals surface area contributed by atoms with E-state index in [-0.39, 0.29) is 11.5 Å². The maximum Gasteiger partial charge on any atom is 0.293 e. The molecule has 0 unspecified atom stereocenters. The van der Waals surface area contributed by atoms with E-state index in [0.29, 0.717) is 4.47 Å². The van der Waals surface area contributed by atoms with E-state index >= 15 is 0 Å². The third-order valence-corrected chi connectivity index (χ3v) is 2.30. The number of aromatic amines is 1. The summed E-state index contributed by atoms with van der Waals surface area (Å²) in [7, 11) is 0. The Morgan fingerprint density at radius 3 is 2.94 bits per heavy atom. The molecule has 1 amide bonds. The Labute approximate surface area is 98.2 Å². The van der Waals surface area contributed by atoms with Crippen molar-refractivity contribution in [2.75, 3.05) is 5.32 Å². The number of hydrogen-bond acceptors (Lipinski definition) is 3. The van der Waals surface area contributed by atoms with Gasteiger partial charge in [-0.25, -0.2) is 9.37 Å². The zero-order chi connectivity index (χ0) is 11.5. The second-order valence-corrected chi connectivity index (χ2v) is 3.83. The zero-order valence-electron chi connectivity index (χ0n) is 7.87. The molecule has 0 bridgehead atoms. The van der Waals surface area contributed by atoms with Crippen LogP contribution in [0.5, 0.6) is 0 Å². The molecule has 0 spiro atoms. The van der Waals surface area contributed by atoms with E-state index in [0.717, 1.165) is 0 Å². The van der Waals surface area contributed by atoms with E-state index in [1.165, 1.54) is 18.5 Å². The molecule has 82 valence electrons. The second kappa shape index (κ2) is 4.40. The zero-order valence-corrected chi connectivity index (χ0v) is 9.45. The number of rotatable bonds is 2. The van der Waals surface area contributed by atoms with Gasteiger partial charge in [-0.1, -0.05) is 15.9 Å². The first-order valence-electron chi connectivity index (χ1n) is 4.28. The molecule has 2 rings (SSSR count). The monoisotopic (exact) mass is 284 g/mol. The average Bonchev–Trinajstić information content (AvgIpc) is 2.75. The van der Waals surface area contributed by atoms with Gasteiger partial charge in [0.05, 0.1) is 5.69 Å². The molecule has 16 heavy (non-hydrogen) atoms. The number of hydrogen-bond donors (Lipinski definition) is 2. The van der Waals surface area contributed by atoms with Gasteiger partial charge in [-0.15, -0.1) is 0 Å². The lowest BCUT2D eigenvalue weighted by atomic mass is 10.3. The highest BCUT2D eigenvalue weighted by atomic mass is 79.9. The van der Waals surface area contributed by atoms with Gasteiger partial charge in [0.15, 0.2) is 0 Å². The van der Waals surface area contributed by atoms with Crippen LogP contribution in [0.4, 0.5) is 10.1 Å². The Morgan fingerprint density at radius 2 is 2.31 bits per heavy atom. The lowest BCUT2D eigenvalue weighted by molar-refractivity contribution is 0.101. The number of anilines is 1. The van der Waals surface area contributed by atoms with Crippen molar-refractivity contribution in [2.24, 2.45) is 0 Å². The number of nitrogens with zero attached hydrogens (tertiary/aromatic N) is 2. The topological polar surface area (TPSA) is 70.7 Å². The lowest BCUT2D eigenvalue weighted by Crippen LogP contribution is -2.14. The Balaban J connectivity index is 2.18. The molecule has 5 nitrogen and oxygen atoms in total. The summed E-state index contributed by atoms with van der Waals surface area (Å²) in [6.07, 6.45) is 1.20. The second-order valence-electron chi connectivity index (χ2n) is 2.91. The van der Waals surface area contributed by atoms with Crippen molar-refractivity contribution in [3.8, 4) is 0 Å². The van der Waals surface area contributed by atoms with E-state index in [1.807, 2.05) is 0 Å². The van der Waals surface area contributed by atoms with Gasteiger partial charge in [0.2, 0.25) is 5.82 Å². The van der Waals surface area contributed by atoms with Crippen molar-refractivity contribution in [1.29, 1.82) is 0 Å². The Kier molecular flexibility index (Phi) is 2.95. The predicted octanol–water partition coefficient (Wildman–Crippen LogP) is 1.96. The fraction of sp³-hybridized carbons (Fsp3) is 0. The number of halogens is 2. The lowest BCUT2D eigenvalue weighted by Gasteiger charge is -2.04. The quantitative estimate of drug-likeness (QED) is 0.886. The largest absolute Gasteiger partial charge is 0.317 e. The maximum absolute atomic E-state index is 13.4. The standard InChI is InChI=1S/C9H6BrFN4O/c10-5-1-2-7(6(11)3-5)14-9(16)8-12-4-13-15-8/h1-4H,(H,14,16)(H,12,13,15). The number of nitrogens with one attached hydrogen (secondary N) is 2. The van der Waals surface area contributed by atoms with Crippen LogP contribution >= 0.6 is 15.9 Å². The Hall–Kier alpha value is -1.76. The molecule has 0 radical (unpaired) electrons. The van der Waals surface area contributed by atoms with Crippen LogP contribution < -0.4 is 5.32 Å². The van der Waals surface area contributed by atoms with Gasteiger partial charge in [-0.3, -0.25) is 9.89 Å². The minimum absolute atomic E-state index is 0.0299. The fourth-order valence-electron chi connectivity index (χ4n) is 1.09. The van der Waals surface area contributed by atoms with Gasteiger partial charge < -0.3 is 5.32 Å². The molecule has 1 aromatic heterocycles. The molecule has 0 aliphatic carbocycles. The van der Waals surface area contributed by atoms with E-state index in [4.69, 9.17) is 0 Å². The van der Waals surface area contributed by atoms with E-state index < -0.39 is 11.7 Å². The van der Waals surface area contributed by atoms with Gasteiger partial charge in [0.1, 0.15) is 12.1 Å². The molecule has 0 saturated carbocycles. The number of aromatic nitrogens is 3. The van der Waals surface area contributed by atoms with E-state index in [9.17, 15) is 9.18 Å². The predicted molar refractivity (Wildman–Crippen MR) is 58.4 cm³/mol. The van der Waals surface area contributed by atoms with Gasteiger partial charge in [0, 0.05) is 4.47 Å². The number of carbonyl (C=O) groups excluding carboxylic acids is 1. The van der Waals surface area contributed by atoms with E-state index in [2.05, 4.69) is 36.4 Å². The van der Waals surface area contributed by atoms with Crippen LogP contribution in [0.1, 0.15) is 10.6 Å². The highest BCUT2D eigenvalue weighted by Crippen LogP contribution is 2.19. The summed E-state index contributed by atoms with van der Waals surface area (Å²) in [4.78, 5) is 15.1. The van der Waals surface area contributed by atoms with Gasteiger partial charge in [0.25, 0.3) is 5.91 Å². The molecule has 2 aromatic rings.